The summed E-state index contributed by atoms with van der Waals surface area (Å²) in [5, 5.41) is 4.74. The van der Waals surface area contributed by atoms with Crippen LogP contribution in [0.15, 0.2) is 36.8 Å². The van der Waals surface area contributed by atoms with Gasteiger partial charge in [0.1, 0.15) is 11.9 Å². The van der Waals surface area contributed by atoms with Crippen LogP contribution in [0.3, 0.4) is 0 Å². The van der Waals surface area contributed by atoms with Gasteiger partial charge in [-0.15, -0.1) is 0 Å². The van der Waals surface area contributed by atoms with Crippen molar-refractivity contribution in [3.63, 3.8) is 0 Å². The van der Waals surface area contributed by atoms with Gasteiger partial charge in [0.05, 0.1) is 33.3 Å². The number of aromatic amines is 1. The molecule has 0 unspecified atom stereocenters. The highest BCUT2D eigenvalue weighted by atomic mass is 16.6. The molecular weight excluding hydrogens is 346 g/mol. The number of para-hydroxylation sites is 1. The van der Waals surface area contributed by atoms with Gasteiger partial charge in [-0.1, -0.05) is 18.2 Å². The van der Waals surface area contributed by atoms with Crippen molar-refractivity contribution >= 4 is 0 Å². The van der Waals surface area contributed by atoms with Crippen molar-refractivity contribution in [1.29, 1.82) is 0 Å². The molecule has 3 heterocycles. The van der Waals surface area contributed by atoms with E-state index in [-0.39, 0.29) is 6.10 Å². The number of nitrogens with zero attached hydrogens (tertiary/aromatic N) is 4. The van der Waals surface area contributed by atoms with Crippen LogP contribution in [0.2, 0.25) is 0 Å². The van der Waals surface area contributed by atoms with Gasteiger partial charge in [-0.05, 0) is 6.07 Å². The first-order chi connectivity index (χ1) is 13.3. The summed E-state index contributed by atoms with van der Waals surface area (Å²) in [5.41, 5.74) is 2.11. The molecule has 1 aliphatic rings. The molecule has 0 spiro atoms. The molecule has 1 N–H and O–H groups in total. The predicted molar refractivity (Wildman–Crippen MR) is 97.6 cm³/mol. The van der Waals surface area contributed by atoms with E-state index in [4.69, 9.17) is 24.3 Å². The van der Waals surface area contributed by atoms with Crippen molar-refractivity contribution in [2.75, 3.05) is 26.9 Å². The molecule has 27 heavy (non-hydrogen) atoms. The first-order valence-electron chi connectivity index (χ1n) is 9.05. The Morgan fingerprint density at radius 2 is 2.22 bits per heavy atom. The van der Waals surface area contributed by atoms with Crippen molar-refractivity contribution < 1.29 is 14.2 Å². The zero-order valence-electron chi connectivity index (χ0n) is 15.3. The fourth-order valence-corrected chi connectivity index (χ4v) is 3.18. The number of hydrogen-bond donors (Lipinski definition) is 1. The highest BCUT2D eigenvalue weighted by Crippen LogP contribution is 2.23. The van der Waals surface area contributed by atoms with Gasteiger partial charge < -0.3 is 19.2 Å². The molecular formula is C19H23N5O3. The van der Waals surface area contributed by atoms with E-state index in [1.807, 2.05) is 35.1 Å². The summed E-state index contributed by atoms with van der Waals surface area (Å²) in [6.07, 6.45) is 4.70. The van der Waals surface area contributed by atoms with E-state index in [0.717, 1.165) is 35.1 Å². The Labute approximate surface area is 157 Å². The van der Waals surface area contributed by atoms with Crippen LogP contribution in [-0.4, -0.2) is 51.7 Å². The Kier molecular flexibility index (Phi) is 5.45. The molecule has 8 heteroatoms. The molecule has 8 nitrogen and oxygen atoms in total. The standard InChI is InChI=1S/C19H23N5O3/c1-25-16-5-3-2-4-14(16)10-18-22-19(17-12-26-8-9-27-17)24(23-18)7-6-15-11-20-13-21-15/h2-5,11,13,17H,6-10,12H2,1H3,(H,20,21)/t17-/m1/s1. The van der Waals surface area contributed by atoms with Crippen LogP contribution in [0.25, 0.3) is 0 Å². The summed E-state index contributed by atoms with van der Waals surface area (Å²) in [7, 11) is 1.67. The number of H-pyrrole nitrogens is 1. The third kappa shape index (κ3) is 4.17. The minimum atomic E-state index is -0.195. The lowest BCUT2D eigenvalue weighted by Crippen LogP contribution is -2.25. The smallest absolute Gasteiger partial charge is 0.158 e. The van der Waals surface area contributed by atoms with Crippen molar-refractivity contribution in [1.82, 2.24) is 24.7 Å². The van der Waals surface area contributed by atoms with E-state index in [9.17, 15) is 0 Å². The fraction of sp³-hybridized carbons (Fsp3) is 0.421. The second-order valence-electron chi connectivity index (χ2n) is 6.36. The van der Waals surface area contributed by atoms with Crippen LogP contribution in [0, 0.1) is 0 Å². The number of ether oxygens (including phenoxy) is 3. The number of benzene rings is 1. The number of methoxy groups -OCH3 is 1. The predicted octanol–water partition coefficient (Wildman–Crippen LogP) is 1.93. The largest absolute Gasteiger partial charge is 0.496 e. The first kappa shape index (κ1) is 17.7. The van der Waals surface area contributed by atoms with Crippen LogP contribution in [-0.2, 0) is 28.9 Å². The monoisotopic (exact) mass is 369 g/mol. The quantitative estimate of drug-likeness (QED) is 0.685. The number of rotatable bonds is 7. The Morgan fingerprint density at radius 3 is 3.00 bits per heavy atom. The Balaban J connectivity index is 1.58. The van der Waals surface area contributed by atoms with E-state index in [1.165, 1.54) is 0 Å². The second-order valence-corrected chi connectivity index (χ2v) is 6.36. The van der Waals surface area contributed by atoms with E-state index in [1.54, 1.807) is 13.4 Å². The van der Waals surface area contributed by atoms with E-state index >= 15 is 0 Å². The zero-order valence-corrected chi connectivity index (χ0v) is 15.3. The second kappa shape index (κ2) is 8.32. The summed E-state index contributed by atoms with van der Waals surface area (Å²) >= 11 is 0. The van der Waals surface area contributed by atoms with Crippen LogP contribution >= 0.6 is 0 Å². The summed E-state index contributed by atoms with van der Waals surface area (Å²) < 4.78 is 18.8. The summed E-state index contributed by atoms with van der Waals surface area (Å²) in [5.74, 6) is 2.39. The van der Waals surface area contributed by atoms with Crippen LogP contribution in [0.5, 0.6) is 5.75 Å². The van der Waals surface area contributed by atoms with Gasteiger partial charge in [0.15, 0.2) is 11.6 Å². The third-order valence-corrected chi connectivity index (χ3v) is 4.54. The Hall–Kier alpha value is -2.71. The molecule has 0 radical (unpaired) electrons. The molecule has 1 saturated heterocycles. The molecule has 2 aromatic heterocycles. The molecule has 142 valence electrons. The van der Waals surface area contributed by atoms with Gasteiger partial charge in [-0.3, -0.25) is 0 Å². The van der Waals surface area contributed by atoms with Crippen LogP contribution < -0.4 is 4.74 Å². The van der Waals surface area contributed by atoms with Crippen molar-refractivity contribution in [2.24, 2.45) is 0 Å². The molecule has 0 aliphatic carbocycles. The van der Waals surface area contributed by atoms with Crippen molar-refractivity contribution in [2.45, 2.75) is 25.5 Å². The number of aryl methyl sites for hydroxylation is 2. The lowest BCUT2D eigenvalue weighted by atomic mass is 10.1. The molecule has 3 aromatic rings. The van der Waals surface area contributed by atoms with Gasteiger partial charge in [0.2, 0.25) is 0 Å². The lowest BCUT2D eigenvalue weighted by Gasteiger charge is -2.22. The molecule has 1 aromatic carbocycles. The van der Waals surface area contributed by atoms with Gasteiger partial charge in [0, 0.05) is 36.8 Å². The van der Waals surface area contributed by atoms with Crippen molar-refractivity contribution in [3.8, 4) is 5.75 Å². The maximum Gasteiger partial charge on any atom is 0.158 e. The fourth-order valence-electron chi connectivity index (χ4n) is 3.18. The van der Waals surface area contributed by atoms with Crippen LogP contribution in [0.4, 0.5) is 0 Å². The average molecular weight is 369 g/mol. The topological polar surface area (TPSA) is 87.1 Å². The van der Waals surface area contributed by atoms with Gasteiger partial charge in [-0.2, -0.15) is 5.10 Å². The Morgan fingerprint density at radius 1 is 1.30 bits per heavy atom. The summed E-state index contributed by atoms with van der Waals surface area (Å²) in [6.45, 7) is 2.37. The first-order valence-corrected chi connectivity index (χ1v) is 9.05. The minimum Gasteiger partial charge on any atom is -0.496 e. The molecule has 0 bridgehead atoms. The number of aromatic nitrogens is 5. The molecule has 1 fully saturated rings. The highest BCUT2D eigenvalue weighted by Gasteiger charge is 2.24. The normalized spacial score (nSPS) is 17.1. The third-order valence-electron chi connectivity index (χ3n) is 4.54. The van der Waals surface area contributed by atoms with Gasteiger partial charge >= 0.3 is 0 Å². The molecule has 4 rings (SSSR count). The maximum absolute atomic E-state index is 5.86. The molecule has 1 atom stereocenters. The van der Waals surface area contributed by atoms with Crippen LogP contribution in [0.1, 0.15) is 29.0 Å². The maximum atomic E-state index is 5.86. The molecule has 0 amide bonds. The zero-order chi connectivity index (χ0) is 18.5. The molecule has 1 aliphatic heterocycles. The summed E-state index contributed by atoms with van der Waals surface area (Å²) in [6, 6.07) is 7.93. The lowest BCUT2D eigenvalue weighted by molar-refractivity contribution is -0.0950. The SMILES string of the molecule is COc1ccccc1Cc1nc([C@H]2COCCO2)n(CCc2cnc[nH]2)n1. The molecule has 0 saturated carbocycles. The van der Waals surface area contributed by atoms with E-state index in [2.05, 4.69) is 9.97 Å². The van der Waals surface area contributed by atoms with Gasteiger partial charge in [0.25, 0.3) is 0 Å². The highest BCUT2D eigenvalue weighted by molar-refractivity contribution is 5.35. The minimum absolute atomic E-state index is 0.195. The number of hydrogen-bond acceptors (Lipinski definition) is 6. The number of imidazole rings is 1. The van der Waals surface area contributed by atoms with Gasteiger partial charge in [-0.25, -0.2) is 14.6 Å². The Bertz CT molecular complexity index is 856. The van der Waals surface area contributed by atoms with Crippen molar-refractivity contribution in [3.05, 3.63) is 59.7 Å². The number of nitrogens with one attached hydrogen (secondary N) is 1. The van der Waals surface area contributed by atoms with E-state index in [0.29, 0.717) is 32.8 Å². The average Bonchev–Trinajstić information content (AvgIpc) is 3.37. The summed E-state index contributed by atoms with van der Waals surface area (Å²) in [4.78, 5) is 12.0. The van der Waals surface area contributed by atoms with E-state index < -0.39 is 0 Å².